The van der Waals surface area contributed by atoms with Gasteiger partial charge in [0.25, 0.3) is 0 Å². The zero-order valence-corrected chi connectivity index (χ0v) is 19.7. The molecule has 158 valence electrons. The molecule has 0 atom stereocenters. The Morgan fingerprint density at radius 1 is 1.30 bits per heavy atom. The Labute approximate surface area is 188 Å². The van der Waals surface area contributed by atoms with Crippen LogP contribution in [0.2, 0.25) is 0 Å². The van der Waals surface area contributed by atoms with Crippen molar-refractivity contribution in [1.82, 2.24) is 14.8 Å². The molecule has 30 heavy (non-hydrogen) atoms. The van der Waals surface area contributed by atoms with Gasteiger partial charge in [-0.1, -0.05) is 36.1 Å². The Morgan fingerprint density at radius 3 is 2.77 bits per heavy atom. The quantitative estimate of drug-likeness (QED) is 0.257. The maximum atomic E-state index is 12.9. The lowest BCUT2D eigenvalue weighted by molar-refractivity contribution is -0.118. The second kappa shape index (κ2) is 9.03. The predicted molar refractivity (Wildman–Crippen MR) is 123 cm³/mol. The summed E-state index contributed by atoms with van der Waals surface area (Å²) in [5.74, 6) is 0.480. The number of thioether (sulfide) groups is 1. The largest absolute Gasteiger partial charge is 0.343 e. The fraction of sp³-hybridized carbons (Fsp3) is 0.429. The van der Waals surface area contributed by atoms with Crippen LogP contribution in [-0.4, -0.2) is 38.2 Å². The first-order valence-electron chi connectivity index (χ1n) is 9.98. The Bertz CT molecular complexity index is 1050. The van der Waals surface area contributed by atoms with E-state index < -0.39 is 0 Å². The van der Waals surface area contributed by atoms with Gasteiger partial charge in [-0.05, 0) is 44.2 Å². The second-order valence-corrected chi connectivity index (χ2v) is 10.6. The number of ketones is 1. The van der Waals surface area contributed by atoms with E-state index in [0.29, 0.717) is 17.3 Å². The Morgan fingerprint density at radius 2 is 2.10 bits per heavy atom. The van der Waals surface area contributed by atoms with Crippen LogP contribution in [0.25, 0.3) is 0 Å². The monoisotopic (exact) mass is 460 g/mol. The summed E-state index contributed by atoms with van der Waals surface area (Å²) >= 11 is 4.51. The summed E-state index contributed by atoms with van der Waals surface area (Å²) in [6, 6.07) is 6.40. The van der Waals surface area contributed by atoms with Crippen LogP contribution in [0.3, 0.4) is 0 Å². The molecule has 1 aliphatic rings. The molecule has 0 unspecified atom stereocenters. The van der Waals surface area contributed by atoms with E-state index in [2.05, 4.69) is 26.2 Å². The third kappa shape index (κ3) is 4.53. The molecule has 0 N–H and O–H groups in total. The number of rotatable bonds is 9. The van der Waals surface area contributed by atoms with Crippen molar-refractivity contribution in [2.24, 2.45) is 0 Å². The third-order valence-electron chi connectivity index (χ3n) is 5.18. The third-order valence-corrected chi connectivity index (χ3v) is 8.10. The fourth-order valence-electron chi connectivity index (χ4n) is 3.42. The molecule has 3 aromatic rings. The molecular weight excluding hydrogens is 436 g/mol. The molecule has 3 aromatic heterocycles. The maximum Gasteiger partial charge on any atom is 0.228 e. The van der Waals surface area contributed by atoms with E-state index in [1.807, 2.05) is 32.9 Å². The highest BCUT2D eigenvalue weighted by Crippen LogP contribution is 2.36. The van der Waals surface area contributed by atoms with Crippen LogP contribution < -0.4 is 4.90 Å². The average Bonchev–Trinajstić information content (AvgIpc) is 3.13. The number of aromatic nitrogens is 3. The smallest absolute Gasteiger partial charge is 0.228 e. The molecular formula is C21H24N4O2S3. The molecule has 0 aliphatic heterocycles. The Hall–Kier alpha value is -1.97. The number of hydrogen-bond donors (Lipinski definition) is 0. The molecule has 3 heterocycles. The Kier molecular flexibility index (Phi) is 6.40. The molecule has 0 saturated heterocycles. The number of carbonyl (C=O) groups is 2. The molecule has 6 nitrogen and oxygen atoms in total. The number of Topliss-reactive ketones (excluding diaryl/α,β-unsaturated/α-hetero) is 1. The van der Waals surface area contributed by atoms with E-state index in [0.717, 1.165) is 40.7 Å². The minimum atomic E-state index is 0.0828. The summed E-state index contributed by atoms with van der Waals surface area (Å²) in [5, 5.41) is 11.1. The van der Waals surface area contributed by atoms with Crippen LogP contribution in [0.1, 0.15) is 52.8 Å². The second-order valence-electron chi connectivity index (χ2n) is 7.36. The molecule has 0 spiro atoms. The summed E-state index contributed by atoms with van der Waals surface area (Å²) in [4.78, 5) is 28.2. The van der Waals surface area contributed by atoms with Crippen LogP contribution in [0.4, 0.5) is 5.13 Å². The first-order valence-corrected chi connectivity index (χ1v) is 12.7. The van der Waals surface area contributed by atoms with Crippen LogP contribution in [0.5, 0.6) is 0 Å². The highest BCUT2D eigenvalue weighted by Gasteiger charge is 2.35. The zero-order chi connectivity index (χ0) is 21.3. The number of hydrogen-bond acceptors (Lipinski definition) is 7. The SMILES string of the molecule is CCC(=O)N(c1nnc(SCC(=O)c2cc(C)n(Cc3cccs3)c2C)s1)C1CC1. The van der Waals surface area contributed by atoms with Crippen LogP contribution in [0, 0.1) is 13.8 Å². The standard InChI is InChI=1S/C21H24N4O2S3/c1-4-19(27)25(15-7-8-15)20-22-23-21(30-20)29-12-18(26)17-10-13(2)24(14(17)3)11-16-6-5-9-28-16/h5-6,9-10,15H,4,7-8,11-12H2,1-3H3. The molecule has 1 amide bonds. The van der Waals surface area contributed by atoms with Gasteiger partial charge in [-0.2, -0.15) is 0 Å². The van der Waals surface area contributed by atoms with Gasteiger partial charge < -0.3 is 4.57 Å². The molecule has 4 rings (SSSR count). The molecule has 1 saturated carbocycles. The van der Waals surface area contributed by atoms with Gasteiger partial charge in [0.1, 0.15) is 0 Å². The van der Waals surface area contributed by atoms with E-state index >= 15 is 0 Å². The highest BCUT2D eigenvalue weighted by atomic mass is 32.2. The lowest BCUT2D eigenvalue weighted by Crippen LogP contribution is -2.32. The summed E-state index contributed by atoms with van der Waals surface area (Å²) in [5.41, 5.74) is 2.85. The topological polar surface area (TPSA) is 68.1 Å². The normalized spacial score (nSPS) is 13.6. The van der Waals surface area contributed by atoms with Crippen molar-refractivity contribution in [2.45, 2.75) is 57.0 Å². The van der Waals surface area contributed by atoms with E-state index in [1.54, 1.807) is 16.2 Å². The van der Waals surface area contributed by atoms with Crippen LogP contribution >= 0.6 is 34.4 Å². The van der Waals surface area contributed by atoms with Crippen LogP contribution in [0.15, 0.2) is 27.9 Å². The van der Waals surface area contributed by atoms with Crippen molar-refractivity contribution < 1.29 is 9.59 Å². The highest BCUT2D eigenvalue weighted by molar-refractivity contribution is 8.01. The molecule has 9 heteroatoms. The van der Waals surface area contributed by atoms with E-state index in [4.69, 9.17) is 0 Å². The molecule has 0 aromatic carbocycles. The minimum absolute atomic E-state index is 0.0828. The maximum absolute atomic E-state index is 12.9. The number of nitrogens with zero attached hydrogens (tertiary/aromatic N) is 4. The van der Waals surface area contributed by atoms with Crippen molar-refractivity contribution in [3.63, 3.8) is 0 Å². The zero-order valence-electron chi connectivity index (χ0n) is 17.3. The van der Waals surface area contributed by atoms with Gasteiger partial charge in [0.15, 0.2) is 10.1 Å². The lowest BCUT2D eigenvalue weighted by atomic mass is 10.2. The first-order chi connectivity index (χ1) is 14.5. The van der Waals surface area contributed by atoms with E-state index in [9.17, 15) is 9.59 Å². The van der Waals surface area contributed by atoms with Crippen molar-refractivity contribution in [2.75, 3.05) is 10.7 Å². The number of aryl methyl sites for hydroxylation is 1. The fourth-order valence-corrected chi connectivity index (χ4v) is 5.92. The summed E-state index contributed by atoms with van der Waals surface area (Å²) in [6.07, 6.45) is 2.50. The minimum Gasteiger partial charge on any atom is -0.343 e. The van der Waals surface area contributed by atoms with Gasteiger partial charge in [0.05, 0.1) is 12.3 Å². The predicted octanol–water partition coefficient (Wildman–Crippen LogP) is 4.95. The number of anilines is 1. The van der Waals surface area contributed by atoms with Crippen molar-refractivity contribution >= 4 is 51.3 Å². The van der Waals surface area contributed by atoms with Gasteiger partial charge >= 0.3 is 0 Å². The summed E-state index contributed by atoms with van der Waals surface area (Å²) < 4.78 is 2.91. The van der Waals surface area contributed by atoms with Gasteiger partial charge in [-0.15, -0.1) is 21.5 Å². The van der Waals surface area contributed by atoms with Gasteiger partial charge in [0, 0.05) is 34.3 Å². The molecule has 0 radical (unpaired) electrons. The van der Waals surface area contributed by atoms with E-state index in [1.165, 1.54) is 28.0 Å². The summed E-state index contributed by atoms with van der Waals surface area (Å²) in [6.45, 7) is 6.70. The van der Waals surface area contributed by atoms with Crippen molar-refractivity contribution in [3.05, 3.63) is 45.4 Å². The molecule has 0 bridgehead atoms. The number of thiophene rings is 1. The Balaban J connectivity index is 1.42. The summed E-state index contributed by atoms with van der Waals surface area (Å²) in [7, 11) is 0. The lowest BCUT2D eigenvalue weighted by Gasteiger charge is -2.17. The number of amides is 1. The van der Waals surface area contributed by atoms with E-state index in [-0.39, 0.29) is 17.7 Å². The van der Waals surface area contributed by atoms with Gasteiger partial charge in [0.2, 0.25) is 11.0 Å². The van der Waals surface area contributed by atoms with Gasteiger partial charge in [-0.3, -0.25) is 14.5 Å². The molecule has 1 fully saturated rings. The number of carbonyl (C=O) groups excluding carboxylic acids is 2. The molecule has 1 aliphatic carbocycles. The first kappa shape index (κ1) is 21.3. The van der Waals surface area contributed by atoms with Crippen molar-refractivity contribution in [1.29, 1.82) is 0 Å². The van der Waals surface area contributed by atoms with Crippen molar-refractivity contribution in [3.8, 4) is 0 Å². The average molecular weight is 461 g/mol. The van der Waals surface area contributed by atoms with Crippen LogP contribution in [-0.2, 0) is 11.3 Å². The van der Waals surface area contributed by atoms with Gasteiger partial charge in [-0.25, -0.2) is 0 Å².